The molecule has 0 bridgehead atoms. The average molecular weight is 457 g/mol. The number of rotatable bonds is 8. The largest absolute Gasteiger partial charge is 0.456 e. The number of ether oxygens (including phenoxy) is 2. The summed E-state index contributed by atoms with van der Waals surface area (Å²) in [5.74, 6) is -1.03. The van der Waals surface area contributed by atoms with Crippen LogP contribution in [-0.4, -0.2) is 41.0 Å². The highest BCUT2D eigenvalue weighted by Crippen LogP contribution is 2.35. The molecule has 0 N–H and O–H groups in total. The van der Waals surface area contributed by atoms with Gasteiger partial charge in [-0.3, -0.25) is 9.78 Å². The second-order valence-corrected chi connectivity index (χ2v) is 8.31. The number of nitrogens with zero attached hydrogens (tertiary/aromatic N) is 2. The maximum atomic E-state index is 13.2. The zero-order valence-electron chi connectivity index (χ0n) is 18.6. The lowest BCUT2D eigenvalue weighted by molar-refractivity contribution is -0.142. The molecular formula is C25H29ClN2O4. The van der Waals surface area contributed by atoms with Crippen LogP contribution in [0.4, 0.5) is 0 Å². The van der Waals surface area contributed by atoms with Crippen molar-refractivity contribution in [1.82, 2.24) is 9.88 Å². The quantitative estimate of drug-likeness (QED) is 0.419. The lowest BCUT2D eigenvalue weighted by Crippen LogP contribution is -2.43. The van der Waals surface area contributed by atoms with Crippen molar-refractivity contribution in [3.05, 3.63) is 76.8 Å². The zero-order chi connectivity index (χ0) is 23.1. The first-order chi connectivity index (χ1) is 15.4. The van der Waals surface area contributed by atoms with Gasteiger partial charge in [0, 0.05) is 35.9 Å². The topological polar surface area (TPSA) is 68.7 Å². The molecule has 2 aliphatic heterocycles. The Morgan fingerprint density at radius 3 is 2.88 bits per heavy atom. The first kappa shape index (κ1) is 24.0. The van der Waals surface area contributed by atoms with Crippen molar-refractivity contribution in [2.45, 2.75) is 45.8 Å². The summed E-state index contributed by atoms with van der Waals surface area (Å²) in [4.78, 5) is 32.1. The highest BCUT2D eigenvalue weighted by Gasteiger charge is 2.38. The molecule has 1 aromatic heterocycles. The maximum absolute atomic E-state index is 13.2. The lowest BCUT2D eigenvalue weighted by Gasteiger charge is -2.35. The van der Waals surface area contributed by atoms with Crippen LogP contribution in [0.5, 0.6) is 0 Å². The first-order valence-corrected chi connectivity index (χ1v) is 11.2. The number of carbonyl (C=O) groups excluding carboxylic acids is 2. The number of pyridine rings is 1. The predicted molar refractivity (Wildman–Crippen MR) is 123 cm³/mol. The fourth-order valence-corrected chi connectivity index (χ4v) is 3.97. The van der Waals surface area contributed by atoms with Crippen LogP contribution in [0.3, 0.4) is 0 Å². The zero-order valence-corrected chi connectivity index (χ0v) is 19.3. The summed E-state index contributed by atoms with van der Waals surface area (Å²) in [5, 5.41) is 0.549. The fourth-order valence-electron chi connectivity index (χ4n) is 3.91. The monoisotopic (exact) mass is 456 g/mol. The SMILES string of the molecule is C=C(/C=C\C(Cl)=C/C)[C@@H]1CC(=O)N(C[C@H]2CCCO2)C(C)=C1C(=O)OCc1ccccn1. The van der Waals surface area contributed by atoms with Crippen molar-refractivity contribution in [2.75, 3.05) is 13.2 Å². The van der Waals surface area contributed by atoms with Gasteiger partial charge in [-0.25, -0.2) is 4.79 Å². The van der Waals surface area contributed by atoms with E-state index in [1.54, 1.807) is 48.4 Å². The minimum atomic E-state index is -0.489. The number of aromatic nitrogens is 1. The third-order valence-corrected chi connectivity index (χ3v) is 6.05. The Labute approximate surface area is 194 Å². The summed E-state index contributed by atoms with van der Waals surface area (Å²) in [6.45, 7) is 8.90. The molecule has 1 aromatic rings. The van der Waals surface area contributed by atoms with E-state index in [0.29, 0.717) is 40.7 Å². The van der Waals surface area contributed by atoms with Gasteiger partial charge in [0.1, 0.15) is 6.61 Å². The van der Waals surface area contributed by atoms with Crippen molar-refractivity contribution >= 4 is 23.5 Å². The number of halogens is 1. The summed E-state index contributed by atoms with van der Waals surface area (Å²) < 4.78 is 11.3. The Kier molecular flexibility index (Phi) is 8.42. The minimum absolute atomic E-state index is 0.0205. The van der Waals surface area contributed by atoms with Crippen LogP contribution in [-0.2, 0) is 25.7 Å². The van der Waals surface area contributed by atoms with E-state index in [4.69, 9.17) is 21.1 Å². The van der Waals surface area contributed by atoms with E-state index < -0.39 is 11.9 Å². The van der Waals surface area contributed by atoms with Crippen molar-refractivity contribution in [1.29, 1.82) is 0 Å². The van der Waals surface area contributed by atoms with Crippen LogP contribution >= 0.6 is 11.6 Å². The molecule has 3 heterocycles. The van der Waals surface area contributed by atoms with Gasteiger partial charge in [-0.1, -0.05) is 36.4 Å². The number of carbonyl (C=O) groups is 2. The standard InChI is InChI=1S/C25H29ClN2O4/c1-4-19(26)11-10-17(2)22-14-23(29)28(15-21-9-7-13-31-21)18(3)24(22)25(30)32-16-20-8-5-6-12-27-20/h4-6,8,10-12,21-22H,2,7,9,13-16H2,1,3H3/b11-10-,19-4+/t21-,22+/m1/s1. The van der Waals surface area contributed by atoms with E-state index in [-0.39, 0.29) is 25.0 Å². The lowest BCUT2D eigenvalue weighted by atomic mass is 9.83. The Bertz CT molecular complexity index is 946. The average Bonchev–Trinajstić information content (AvgIpc) is 3.32. The predicted octanol–water partition coefficient (Wildman–Crippen LogP) is 4.68. The number of hydrogen-bond donors (Lipinski definition) is 0. The Balaban J connectivity index is 1.87. The summed E-state index contributed by atoms with van der Waals surface area (Å²) >= 11 is 6.07. The van der Waals surface area contributed by atoms with Crippen LogP contribution in [0.1, 0.15) is 38.8 Å². The Hall–Kier alpha value is -2.70. The number of allylic oxidation sites excluding steroid dienone is 6. The van der Waals surface area contributed by atoms with Gasteiger partial charge in [0.2, 0.25) is 5.91 Å². The van der Waals surface area contributed by atoms with Crippen LogP contribution in [0, 0.1) is 5.92 Å². The molecule has 0 saturated carbocycles. The Morgan fingerprint density at radius 1 is 1.41 bits per heavy atom. The summed E-state index contributed by atoms with van der Waals surface area (Å²) in [7, 11) is 0. The van der Waals surface area contributed by atoms with Crippen molar-refractivity contribution in [3.63, 3.8) is 0 Å². The van der Waals surface area contributed by atoms with E-state index in [9.17, 15) is 9.59 Å². The first-order valence-electron chi connectivity index (χ1n) is 10.8. The van der Waals surface area contributed by atoms with Gasteiger partial charge >= 0.3 is 5.97 Å². The molecule has 0 aromatic carbocycles. The molecule has 2 atom stereocenters. The molecule has 7 heteroatoms. The van der Waals surface area contributed by atoms with Crippen molar-refractivity contribution in [3.8, 4) is 0 Å². The molecule has 0 radical (unpaired) electrons. The van der Waals surface area contributed by atoms with Gasteiger partial charge in [0.15, 0.2) is 0 Å². The molecular weight excluding hydrogens is 428 g/mol. The molecule has 170 valence electrons. The molecule has 32 heavy (non-hydrogen) atoms. The molecule has 0 unspecified atom stereocenters. The molecule has 6 nitrogen and oxygen atoms in total. The molecule has 2 aliphatic rings. The highest BCUT2D eigenvalue weighted by molar-refractivity contribution is 6.31. The van der Waals surface area contributed by atoms with Gasteiger partial charge in [0.25, 0.3) is 0 Å². The summed E-state index contributed by atoms with van der Waals surface area (Å²) in [6.07, 6.45) is 8.85. The number of esters is 1. The number of hydrogen-bond acceptors (Lipinski definition) is 5. The Morgan fingerprint density at radius 2 is 2.22 bits per heavy atom. The van der Waals surface area contributed by atoms with Crippen LogP contribution < -0.4 is 0 Å². The van der Waals surface area contributed by atoms with Gasteiger partial charge in [-0.15, -0.1) is 0 Å². The molecule has 3 rings (SSSR count). The normalized spacial score (nSPS) is 22.0. The van der Waals surface area contributed by atoms with Gasteiger partial charge in [-0.2, -0.15) is 0 Å². The molecule has 1 fully saturated rings. The van der Waals surface area contributed by atoms with Gasteiger partial charge < -0.3 is 14.4 Å². The smallest absolute Gasteiger partial charge is 0.336 e. The number of amides is 1. The highest BCUT2D eigenvalue weighted by atomic mass is 35.5. The van der Waals surface area contributed by atoms with Crippen LogP contribution in [0.25, 0.3) is 0 Å². The molecule has 0 spiro atoms. The maximum Gasteiger partial charge on any atom is 0.336 e. The summed E-state index contributed by atoms with van der Waals surface area (Å²) in [6, 6.07) is 5.43. The summed E-state index contributed by atoms with van der Waals surface area (Å²) in [5.41, 5.74) is 2.29. The minimum Gasteiger partial charge on any atom is -0.456 e. The second kappa shape index (κ2) is 11.2. The van der Waals surface area contributed by atoms with Crippen molar-refractivity contribution in [2.24, 2.45) is 5.92 Å². The van der Waals surface area contributed by atoms with Gasteiger partial charge in [-0.05, 0) is 50.5 Å². The molecule has 1 amide bonds. The fraction of sp³-hybridized carbons (Fsp3) is 0.400. The van der Waals surface area contributed by atoms with Crippen molar-refractivity contribution < 1.29 is 19.1 Å². The van der Waals surface area contributed by atoms with Crippen LogP contribution in [0.15, 0.2) is 71.1 Å². The molecule has 1 saturated heterocycles. The van der Waals surface area contributed by atoms with E-state index >= 15 is 0 Å². The third-order valence-electron chi connectivity index (χ3n) is 5.71. The molecule has 0 aliphatic carbocycles. The third kappa shape index (κ3) is 5.96. The van der Waals surface area contributed by atoms with E-state index in [0.717, 1.165) is 12.8 Å². The van der Waals surface area contributed by atoms with E-state index in [1.165, 1.54) is 0 Å². The van der Waals surface area contributed by atoms with E-state index in [2.05, 4.69) is 11.6 Å². The van der Waals surface area contributed by atoms with Gasteiger partial charge in [0.05, 0.1) is 23.9 Å². The van der Waals surface area contributed by atoms with Crippen LogP contribution in [0.2, 0.25) is 0 Å². The second-order valence-electron chi connectivity index (χ2n) is 7.87. The van der Waals surface area contributed by atoms with E-state index in [1.807, 2.05) is 13.0 Å².